The van der Waals surface area contributed by atoms with E-state index in [-0.39, 0.29) is 5.92 Å². The average molecular weight is 196 g/mol. The zero-order chi connectivity index (χ0) is 11.0. The highest BCUT2D eigenvalue weighted by Gasteiger charge is 2.19. The summed E-state index contributed by atoms with van der Waals surface area (Å²) in [7, 11) is 0. The van der Waals surface area contributed by atoms with Crippen molar-refractivity contribution in [3.63, 3.8) is 0 Å². The van der Waals surface area contributed by atoms with Gasteiger partial charge in [-0.25, -0.2) is 0 Å². The Kier molecular flexibility index (Phi) is 7.45. The highest BCUT2D eigenvalue weighted by Crippen LogP contribution is 2.25. The second kappa shape index (κ2) is 7.78. The van der Waals surface area contributed by atoms with Crippen LogP contribution in [0.3, 0.4) is 0 Å². The molecule has 0 heterocycles. The fourth-order valence-corrected chi connectivity index (χ4v) is 1.97. The van der Waals surface area contributed by atoms with E-state index >= 15 is 0 Å². The third-order valence-corrected chi connectivity index (χ3v) is 2.94. The van der Waals surface area contributed by atoms with Crippen LogP contribution in [0.4, 0.5) is 0 Å². The lowest BCUT2D eigenvalue weighted by Crippen LogP contribution is -2.18. The van der Waals surface area contributed by atoms with Gasteiger partial charge in [-0.1, -0.05) is 33.3 Å². The van der Waals surface area contributed by atoms with E-state index in [0.29, 0.717) is 11.8 Å². The number of rotatable bonds is 8. The predicted molar refractivity (Wildman–Crippen MR) is 62.2 cm³/mol. The Bertz CT molecular complexity index is 161. The summed E-state index contributed by atoms with van der Waals surface area (Å²) in [6.07, 6.45) is 7.75. The van der Waals surface area contributed by atoms with E-state index in [2.05, 4.69) is 20.4 Å². The molecule has 0 spiro atoms. The monoisotopic (exact) mass is 196 g/mol. The molecule has 0 saturated heterocycles. The van der Waals surface area contributed by atoms with Gasteiger partial charge in [0.1, 0.15) is 6.29 Å². The van der Waals surface area contributed by atoms with Crippen molar-refractivity contribution in [3.05, 3.63) is 12.7 Å². The summed E-state index contributed by atoms with van der Waals surface area (Å²) in [5, 5.41) is 0. The molecule has 2 atom stereocenters. The van der Waals surface area contributed by atoms with Crippen molar-refractivity contribution in [1.82, 2.24) is 0 Å². The van der Waals surface area contributed by atoms with E-state index in [1.54, 1.807) is 0 Å². The summed E-state index contributed by atoms with van der Waals surface area (Å²) in [6.45, 7) is 10.2. The van der Waals surface area contributed by atoms with Crippen LogP contribution in [-0.4, -0.2) is 6.29 Å². The normalized spacial score (nSPS) is 15.1. The molecule has 0 aromatic rings. The molecule has 0 aliphatic carbocycles. The Balaban J connectivity index is 3.85. The minimum absolute atomic E-state index is 0.207. The van der Waals surface area contributed by atoms with Gasteiger partial charge in [0.2, 0.25) is 0 Å². The maximum absolute atomic E-state index is 10.7. The molecule has 0 aromatic carbocycles. The van der Waals surface area contributed by atoms with E-state index in [4.69, 9.17) is 0 Å². The Labute approximate surface area is 88.6 Å². The van der Waals surface area contributed by atoms with Crippen molar-refractivity contribution >= 4 is 6.29 Å². The lowest BCUT2D eigenvalue weighted by Gasteiger charge is -2.23. The average Bonchev–Trinajstić information content (AvgIpc) is 2.16. The highest BCUT2D eigenvalue weighted by molar-refractivity contribution is 5.53. The Morgan fingerprint density at radius 3 is 2.29 bits per heavy atom. The first-order chi connectivity index (χ1) is 6.63. The Hall–Kier alpha value is -0.590. The standard InChI is InChI=1S/C13H24O/c1-5-6-7-8-9-13(11(2)3)12(4)10-14/h5,10-13H,1,6-9H2,2-4H3. The third kappa shape index (κ3) is 5.21. The molecule has 0 rings (SSSR count). The van der Waals surface area contributed by atoms with Gasteiger partial charge in [0.25, 0.3) is 0 Å². The van der Waals surface area contributed by atoms with Crippen LogP contribution < -0.4 is 0 Å². The van der Waals surface area contributed by atoms with Crippen LogP contribution in [0.15, 0.2) is 12.7 Å². The molecule has 1 heteroatoms. The molecule has 0 aliphatic rings. The second-order valence-electron chi connectivity index (χ2n) is 4.48. The molecule has 14 heavy (non-hydrogen) atoms. The lowest BCUT2D eigenvalue weighted by molar-refractivity contribution is -0.112. The molecule has 0 fully saturated rings. The van der Waals surface area contributed by atoms with Crippen LogP contribution in [0.1, 0.15) is 46.5 Å². The second-order valence-corrected chi connectivity index (χ2v) is 4.48. The topological polar surface area (TPSA) is 17.1 Å². The Morgan fingerprint density at radius 1 is 1.21 bits per heavy atom. The van der Waals surface area contributed by atoms with Gasteiger partial charge in [0.05, 0.1) is 0 Å². The van der Waals surface area contributed by atoms with E-state index in [0.717, 1.165) is 12.7 Å². The highest BCUT2D eigenvalue weighted by atomic mass is 16.1. The summed E-state index contributed by atoms with van der Waals surface area (Å²) in [5.74, 6) is 1.37. The molecule has 0 bridgehead atoms. The third-order valence-electron chi connectivity index (χ3n) is 2.94. The zero-order valence-electron chi connectivity index (χ0n) is 9.83. The van der Waals surface area contributed by atoms with E-state index in [1.165, 1.54) is 19.3 Å². The first kappa shape index (κ1) is 13.4. The van der Waals surface area contributed by atoms with Crippen molar-refractivity contribution in [2.24, 2.45) is 17.8 Å². The maximum Gasteiger partial charge on any atom is 0.123 e. The van der Waals surface area contributed by atoms with Crippen LogP contribution in [0.2, 0.25) is 0 Å². The van der Waals surface area contributed by atoms with Gasteiger partial charge >= 0.3 is 0 Å². The largest absolute Gasteiger partial charge is 0.303 e. The number of unbranched alkanes of at least 4 members (excludes halogenated alkanes) is 2. The van der Waals surface area contributed by atoms with Crippen molar-refractivity contribution in [1.29, 1.82) is 0 Å². The van der Waals surface area contributed by atoms with E-state index in [1.807, 2.05) is 13.0 Å². The predicted octanol–water partition coefficient (Wildman–Crippen LogP) is 3.84. The number of allylic oxidation sites excluding steroid dienone is 1. The van der Waals surface area contributed by atoms with Gasteiger partial charge in [-0.2, -0.15) is 0 Å². The first-order valence-electron chi connectivity index (χ1n) is 5.69. The fourth-order valence-electron chi connectivity index (χ4n) is 1.97. The summed E-state index contributed by atoms with van der Waals surface area (Å²) in [6, 6.07) is 0. The van der Waals surface area contributed by atoms with Gasteiger partial charge < -0.3 is 4.79 Å². The summed E-state index contributed by atoms with van der Waals surface area (Å²) >= 11 is 0. The van der Waals surface area contributed by atoms with Crippen molar-refractivity contribution in [2.75, 3.05) is 0 Å². The smallest absolute Gasteiger partial charge is 0.123 e. The number of carbonyl (C=O) groups is 1. The quantitative estimate of drug-likeness (QED) is 0.327. The van der Waals surface area contributed by atoms with Gasteiger partial charge in [0.15, 0.2) is 0 Å². The molecule has 0 amide bonds. The van der Waals surface area contributed by atoms with Crippen LogP contribution in [0.25, 0.3) is 0 Å². The van der Waals surface area contributed by atoms with Crippen molar-refractivity contribution in [3.8, 4) is 0 Å². The molecule has 0 N–H and O–H groups in total. The maximum atomic E-state index is 10.7. The van der Waals surface area contributed by atoms with Crippen LogP contribution in [0.5, 0.6) is 0 Å². The summed E-state index contributed by atoms with van der Waals surface area (Å²) in [5.41, 5.74) is 0. The van der Waals surface area contributed by atoms with Crippen LogP contribution >= 0.6 is 0 Å². The fraction of sp³-hybridized carbons (Fsp3) is 0.769. The first-order valence-corrected chi connectivity index (χ1v) is 5.69. The zero-order valence-corrected chi connectivity index (χ0v) is 9.83. The summed E-state index contributed by atoms with van der Waals surface area (Å²) < 4.78 is 0. The molecule has 0 radical (unpaired) electrons. The minimum atomic E-state index is 0.207. The Morgan fingerprint density at radius 2 is 1.86 bits per heavy atom. The van der Waals surface area contributed by atoms with E-state index < -0.39 is 0 Å². The summed E-state index contributed by atoms with van der Waals surface area (Å²) in [4.78, 5) is 10.7. The molecule has 2 unspecified atom stereocenters. The number of aldehydes is 1. The van der Waals surface area contributed by atoms with Gasteiger partial charge in [-0.05, 0) is 31.1 Å². The molecule has 82 valence electrons. The van der Waals surface area contributed by atoms with E-state index in [9.17, 15) is 4.79 Å². The van der Waals surface area contributed by atoms with Gasteiger partial charge in [0, 0.05) is 5.92 Å². The molecule has 1 nitrogen and oxygen atoms in total. The van der Waals surface area contributed by atoms with Gasteiger partial charge in [-0.3, -0.25) is 0 Å². The van der Waals surface area contributed by atoms with Crippen molar-refractivity contribution < 1.29 is 4.79 Å². The minimum Gasteiger partial charge on any atom is -0.303 e. The number of hydrogen-bond acceptors (Lipinski definition) is 1. The molecular formula is C13H24O. The lowest BCUT2D eigenvalue weighted by atomic mass is 9.81. The molecule has 0 aromatic heterocycles. The number of hydrogen-bond donors (Lipinski definition) is 0. The van der Waals surface area contributed by atoms with Crippen molar-refractivity contribution in [2.45, 2.75) is 46.5 Å². The van der Waals surface area contributed by atoms with Crippen LogP contribution in [-0.2, 0) is 4.79 Å². The van der Waals surface area contributed by atoms with Gasteiger partial charge in [-0.15, -0.1) is 6.58 Å². The molecule has 0 aliphatic heterocycles. The SMILES string of the molecule is C=CCCCCC(C(C)C)C(C)C=O. The molecular weight excluding hydrogens is 172 g/mol. The molecule has 0 saturated carbocycles. The number of carbonyl (C=O) groups excluding carboxylic acids is 1. The van der Waals surface area contributed by atoms with Crippen LogP contribution in [0, 0.1) is 17.8 Å².